The van der Waals surface area contributed by atoms with Crippen molar-refractivity contribution in [2.24, 2.45) is 5.10 Å². The van der Waals surface area contributed by atoms with E-state index in [1.54, 1.807) is 24.3 Å². The van der Waals surface area contributed by atoms with Crippen molar-refractivity contribution < 1.29 is 18.9 Å². The van der Waals surface area contributed by atoms with Crippen molar-refractivity contribution in [2.75, 3.05) is 6.61 Å². The number of ether oxygens (including phenoxy) is 1. The standard InChI is InChI=1S/C22H21N3O5/c1-14-7-8-15(2)22(16(14)3)29-13-21(26)24-23-12-19-9-10-20(30-19)17-5-4-6-18(11-17)25(27)28/h4-12H,13H2,1-3H3,(H,24,26). The van der Waals surface area contributed by atoms with Gasteiger partial charge >= 0.3 is 0 Å². The van der Waals surface area contributed by atoms with Gasteiger partial charge in [0.2, 0.25) is 0 Å². The number of nitrogens with zero attached hydrogens (tertiary/aromatic N) is 2. The van der Waals surface area contributed by atoms with Crippen LogP contribution in [0.2, 0.25) is 0 Å². The predicted molar refractivity (Wildman–Crippen MR) is 113 cm³/mol. The number of nitro benzene ring substituents is 1. The Morgan fingerprint density at radius 3 is 2.70 bits per heavy atom. The molecule has 30 heavy (non-hydrogen) atoms. The second-order valence-electron chi connectivity index (χ2n) is 6.74. The molecule has 0 saturated heterocycles. The van der Waals surface area contributed by atoms with E-state index in [0.29, 0.717) is 22.8 Å². The van der Waals surface area contributed by atoms with Gasteiger partial charge < -0.3 is 9.15 Å². The van der Waals surface area contributed by atoms with Crippen molar-refractivity contribution in [3.8, 4) is 17.1 Å². The molecule has 0 aliphatic rings. The first-order valence-corrected chi connectivity index (χ1v) is 9.21. The molecule has 1 heterocycles. The van der Waals surface area contributed by atoms with Crippen LogP contribution in [-0.2, 0) is 4.79 Å². The number of amides is 1. The zero-order valence-corrected chi connectivity index (χ0v) is 16.8. The largest absolute Gasteiger partial charge is 0.483 e. The molecule has 0 aliphatic carbocycles. The minimum Gasteiger partial charge on any atom is -0.483 e. The second-order valence-corrected chi connectivity index (χ2v) is 6.74. The molecule has 1 N–H and O–H groups in total. The molecule has 3 aromatic rings. The molecule has 0 fully saturated rings. The fraction of sp³-hybridized carbons (Fsp3) is 0.182. The lowest BCUT2D eigenvalue weighted by molar-refractivity contribution is -0.384. The zero-order chi connectivity index (χ0) is 21.7. The molecule has 0 saturated carbocycles. The Bertz CT molecular complexity index is 1120. The number of rotatable bonds is 7. The first-order valence-electron chi connectivity index (χ1n) is 9.21. The van der Waals surface area contributed by atoms with Crippen molar-refractivity contribution in [2.45, 2.75) is 20.8 Å². The maximum Gasteiger partial charge on any atom is 0.277 e. The maximum absolute atomic E-state index is 12.0. The molecule has 154 valence electrons. The Hall–Kier alpha value is -3.94. The molecule has 8 heteroatoms. The Morgan fingerprint density at radius 1 is 1.17 bits per heavy atom. The van der Waals surface area contributed by atoms with E-state index in [1.807, 2.05) is 32.9 Å². The molecule has 0 spiro atoms. The average Bonchev–Trinajstić information content (AvgIpc) is 3.20. The molecule has 1 aromatic heterocycles. The van der Waals surface area contributed by atoms with Gasteiger partial charge in [0.15, 0.2) is 6.61 Å². The van der Waals surface area contributed by atoms with Gasteiger partial charge in [0.1, 0.15) is 17.3 Å². The van der Waals surface area contributed by atoms with Crippen LogP contribution in [0.25, 0.3) is 11.3 Å². The molecule has 0 unspecified atom stereocenters. The van der Waals surface area contributed by atoms with Gasteiger partial charge in [-0.2, -0.15) is 5.10 Å². The van der Waals surface area contributed by atoms with Crippen molar-refractivity contribution >= 4 is 17.8 Å². The van der Waals surface area contributed by atoms with Crippen molar-refractivity contribution in [3.05, 3.63) is 81.1 Å². The van der Waals surface area contributed by atoms with Crippen LogP contribution in [0.5, 0.6) is 5.75 Å². The van der Waals surface area contributed by atoms with Gasteiger partial charge in [-0.15, -0.1) is 0 Å². The third kappa shape index (κ3) is 4.91. The number of aryl methyl sites for hydroxylation is 2. The van der Waals surface area contributed by atoms with E-state index in [-0.39, 0.29) is 12.3 Å². The summed E-state index contributed by atoms with van der Waals surface area (Å²) in [5.74, 6) is 1.14. The highest BCUT2D eigenvalue weighted by molar-refractivity contribution is 5.81. The number of furan rings is 1. The van der Waals surface area contributed by atoms with Crippen LogP contribution in [0.4, 0.5) is 5.69 Å². The normalized spacial score (nSPS) is 10.9. The molecular weight excluding hydrogens is 386 g/mol. The third-order valence-corrected chi connectivity index (χ3v) is 4.57. The zero-order valence-electron chi connectivity index (χ0n) is 16.8. The summed E-state index contributed by atoms with van der Waals surface area (Å²) in [6, 6.07) is 13.4. The van der Waals surface area contributed by atoms with Crippen LogP contribution in [0.15, 0.2) is 58.0 Å². The lowest BCUT2D eigenvalue weighted by atomic mass is 10.1. The molecule has 0 aliphatic heterocycles. The van der Waals surface area contributed by atoms with E-state index >= 15 is 0 Å². The number of hydrogen-bond acceptors (Lipinski definition) is 6. The Kier molecular flexibility index (Phi) is 6.26. The topological polar surface area (TPSA) is 107 Å². The number of carbonyl (C=O) groups is 1. The lowest BCUT2D eigenvalue weighted by Gasteiger charge is -2.13. The highest BCUT2D eigenvalue weighted by atomic mass is 16.6. The minimum atomic E-state index is -0.466. The predicted octanol–water partition coefficient (Wildman–Crippen LogP) is 4.31. The molecule has 0 atom stereocenters. The number of benzene rings is 2. The first kappa shape index (κ1) is 20.8. The summed E-state index contributed by atoms with van der Waals surface area (Å²) in [5.41, 5.74) is 5.98. The van der Waals surface area contributed by atoms with Gasteiger partial charge in [-0.25, -0.2) is 5.43 Å². The summed E-state index contributed by atoms with van der Waals surface area (Å²) in [6.07, 6.45) is 1.35. The van der Waals surface area contributed by atoms with Gasteiger partial charge in [0, 0.05) is 17.7 Å². The first-order chi connectivity index (χ1) is 14.3. The van der Waals surface area contributed by atoms with Crippen LogP contribution >= 0.6 is 0 Å². The van der Waals surface area contributed by atoms with Gasteiger partial charge in [-0.1, -0.05) is 24.3 Å². The van der Waals surface area contributed by atoms with Crippen LogP contribution in [0.1, 0.15) is 22.5 Å². The molecule has 8 nitrogen and oxygen atoms in total. The third-order valence-electron chi connectivity index (χ3n) is 4.57. The van der Waals surface area contributed by atoms with Crippen LogP contribution in [0, 0.1) is 30.9 Å². The Balaban J connectivity index is 1.57. The smallest absolute Gasteiger partial charge is 0.277 e. The van der Waals surface area contributed by atoms with E-state index in [4.69, 9.17) is 9.15 Å². The van der Waals surface area contributed by atoms with Crippen LogP contribution in [0.3, 0.4) is 0 Å². The van der Waals surface area contributed by atoms with E-state index in [2.05, 4.69) is 10.5 Å². The van der Waals surface area contributed by atoms with E-state index in [9.17, 15) is 14.9 Å². The molecule has 2 aromatic carbocycles. The quantitative estimate of drug-likeness (QED) is 0.357. The summed E-state index contributed by atoms with van der Waals surface area (Å²) in [4.78, 5) is 22.4. The summed E-state index contributed by atoms with van der Waals surface area (Å²) in [5, 5.41) is 14.8. The van der Waals surface area contributed by atoms with E-state index < -0.39 is 10.8 Å². The van der Waals surface area contributed by atoms with Crippen LogP contribution < -0.4 is 10.2 Å². The highest BCUT2D eigenvalue weighted by Gasteiger charge is 2.11. The highest BCUT2D eigenvalue weighted by Crippen LogP contribution is 2.26. The van der Waals surface area contributed by atoms with Crippen LogP contribution in [-0.4, -0.2) is 23.7 Å². The number of carbonyl (C=O) groups excluding carboxylic acids is 1. The number of nitrogens with one attached hydrogen (secondary N) is 1. The van der Waals surface area contributed by atoms with Crippen molar-refractivity contribution in [1.29, 1.82) is 0 Å². The monoisotopic (exact) mass is 407 g/mol. The molecule has 0 radical (unpaired) electrons. The second kappa shape index (κ2) is 9.04. The number of hydrazone groups is 1. The minimum absolute atomic E-state index is 0.0227. The number of non-ortho nitro benzene ring substituents is 1. The van der Waals surface area contributed by atoms with Crippen molar-refractivity contribution in [1.82, 2.24) is 5.43 Å². The summed E-state index contributed by atoms with van der Waals surface area (Å²) in [7, 11) is 0. The van der Waals surface area contributed by atoms with E-state index in [1.165, 1.54) is 18.3 Å². The van der Waals surface area contributed by atoms with Gasteiger partial charge in [0.05, 0.1) is 11.1 Å². The molecular formula is C22H21N3O5. The number of nitro groups is 1. The fourth-order valence-corrected chi connectivity index (χ4v) is 2.84. The summed E-state index contributed by atoms with van der Waals surface area (Å²) < 4.78 is 11.2. The average molecular weight is 407 g/mol. The molecule has 0 bridgehead atoms. The molecule has 1 amide bonds. The lowest BCUT2D eigenvalue weighted by Crippen LogP contribution is -2.25. The fourth-order valence-electron chi connectivity index (χ4n) is 2.84. The maximum atomic E-state index is 12.0. The Labute approximate surface area is 173 Å². The number of hydrogen-bond donors (Lipinski definition) is 1. The van der Waals surface area contributed by atoms with Crippen molar-refractivity contribution in [3.63, 3.8) is 0 Å². The Morgan fingerprint density at radius 2 is 1.93 bits per heavy atom. The summed E-state index contributed by atoms with van der Waals surface area (Å²) in [6.45, 7) is 5.69. The van der Waals surface area contributed by atoms with Gasteiger partial charge in [0.25, 0.3) is 11.6 Å². The molecule has 3 rings (SSSR count). The summed E-state index contributed by atoms with van der Waals surface area (Å²) >= 11 is 0. The van der Waals surface area contributed by atoms with E-state index in [0.717, 1.165) is 16.7 Å². The van der Waals surface area contributed by atoms with Gasteiger partial charge in [-0.05, 0) is 49.6 Å². The SMILES string of the molecule is Cc1ccc(C)c(OCC(=O)NN=Cc2ccc(-c3cccc([N+](=O)[O-])c3)o2)c1C. The van der Waals surface area contributed by atoms with Gasteiger partial charge in [-0.3, -0.25) is 14.9 Å².